The first-order chi connectivity index (χ1) is 9.47. The zero-order valence-corrected chi connectivity index (χ0v) is 11.5. The molecular formula is C14H15N3O3. The average molecular weight is 273 g/mol. The molecule has 0 unspecified atom stereocenters. The van der Waals surface area contributed by atoms with Gasteiger partial charge >= 0.3 is 5.97 Å². The minimum atomic E-state index is -0.578. The van der Waals surface area contributed by atoms with Crippen LogP contribution < -0.4 is 5.32 Å². The first-order valence-electron chi connectivity index (χ1n) is 5.96. The van der Waals surface area contributed by atoms with Gasteiger partial charge in [0.15, 0.2) is 0 Å². The van der Waals surface area contributed by atoms with Gasteiger partial charge < -0.3 is 10.1 Å². The number of methoxy groups -OCH3 is 1. The van der Waals surface area contributed by atoms with Crippen LogP contribution in [0, 0.1) is 11.3 Å². The van der Waals surface area contributed by atoms with Crippen LogP contribution in [0.3, 0.4) is 0 Å². The first kappa shape index (κ1) is 15.4. The van der Waals surface area contributed by atoms with Gasteiger partial charge in [0, 0.05) is 6.04 Å². The number of hydrogen-bond acceptors (Lipinski definition) is 5. The minimum Gasteiger partial charge on any atom is -0.464 e. The molecule has 1 amide bonds. The first-order valence-corrected chi connectivity index (χ1v) is 5.96. The normalized spacial score (nSPS) is 10.8. The lowest BCUT2D eigenvalue weighted by Gasteiger charge is -2.06. The highest BCUT2D eigenvalue weighted by Gasteiger charge is 2.11. The molecule has 0 aliphatic carbocycles. The Morgan fingerprint density at radius 2 is 2.15 bits per heavy atom. The summed E-state index contributed by atoms with van der Waals surface area (Å²) in [5.41, 5.74) is 0.374. The summed E-state index contributed by atoms with van der Waals surface area (Å²) in [7, 11) is 1.25. The van der Waals surface area contributed by atoms with Gasteiger partial charge in [0.2, 0.25) is 0 Å². The molecule has 0 bridgehead atoms. The molecule has 0 radical (unpaired) electrons. The van der Waals surface area contributed by atoms with E-state index in [2.05, 4.69) is 15.0 Å². The Morgan fingerprint density at radius 1 is 1.45 bits per heavy atom. The second-order valence-corrected chi connectivity index (χ2v) is 4.24. The van der Waals surface area contributed by atoms with Crippen molar-refractivity contribution in [1.82, 2.24) is 10.3 Å². The molecule has 104 valence electrons. The van der Waals surface area contributed by atoms with Gasteiger partial charge in [-0.05, 0) is 32.1 Å². The van der Waals surface area contributed by atoms with Crippen molar-refractivity contribution in [2.24, 2.45) is 0 Å². The number of carbonyl (C=O) groups excluding carboxylic acids is 2. The largest absolute Gasteiger partial charge is 0.464 e. The molecule has 0 fully saturated rings. The topological polar surface area (TPSA) is 92.1 Å². The molecule has 1 aromatic heterocycles. The maximum atomic E-state index is 11.7. The molecule has 0 saturated carbocycles. The predicted octanol–water partition coefficient (Wildman–Crippen LogP) is 1.30. The third-order valence-corrected chi connectivity index (χ3v) is 2.24. The van der Waals surface area contributed by atoms with E-state index in [-0.39, 0.29) is 17.3 Å². The highest BCUT2D eigenvalue weighted by Crippen LogP contribution is 2.07. The number of amides is 1. The highest BCUT2D eigenvalue weighted by molar-refractivity contribution is 6.01. The Labute approximate surface area is 117 Å². The van der Waals surface area contributed by atoms with Crippen LogP contribution in [0.5, 0.6) is 0 Å². The van der Waals surface area contributed by atoms with Crippen molar-refractivity contribution >= 4 is 18.0 Å². The van der Waals surface area contributed by atoms with Gasteiger partial charge in [-0.1, -0.05) is 6.07 Å². The number of ether oxygens (including phenoxy) is 1. The van der Waals surface area contributed by atoms with Crippen LogP contribution in [0.4, 0.5) is 0 Å². The van der Waals surface area contributed by atoms with Gasteiger partial charge in [-0.25, -0.2) is 9.78 Å². The molecular weight excluding hydrogens is 258 g/mol. The molecule has 1 aromatic rings. The second-order valence-electron chi connectivity index (χ2n) is 4.24. The van der Waals surface area contributed by atoms with Gasteiger partial charge in [-0.3, -0.25) is 4.79 Å². The van der Waals surface area contributed by atoms with Crippen molar-refractivity contribution in [2.75, 3.05) is 7.11 Å². The molecule has 0 atom stereocenters. The standard InChI is InChI=1S/C14H15N3O3/c1-9(2)16-13(18)10(8-15)7-11-5-4-6-12(17-11)14(19)20-3/h4-7,9H,1-3H3,(H,16,18)/b10-7+. The van der Waals surface area contributed by atoms with E-state index in [1.165, 1.54) is 19.3 Å². The molecule has 20 heavy (non-hydrogen) atoms. The summed E-state index contributed by atoms with van der Waals surface area (Å²) < 4.78 is 4.56. The van der Waals surface area contributed by atoms with Gasteiger partial charge in [0.1, 0.15) is 17.3 Å². The molecule has 0 saturated heterocycles. The summed E-state index contributed by atoms with van der Waals surface area (Å²) >= 11 is 0. The van der Waals surface area contributed by atoms with E-state index < -0.39 is 11.9 Å². The van der Waals surface area contributed by atoms with Crippen LogP contribution in [-0.4, -0.2) is 30.0 Å². The Hall–Kier alpha value is -2.68. The molecule has 0 aromatic carbocycles. The molecule has 6 heteroatoms. The highest BCUT2D eigenvalue weighted by atomic mass is 16.5. The van der Waals surface area contributed by atoms with E-state index >= 15 is 0 Å². The SMILES string of the molecule is COC(=O)c1cccc(/C=C(\C#N)C(=O)NC(C)C)n1. The van der Waals surface area contributed by atoms with Crippen LogP contribution in [0.15, 0.2) is 23.8 Å². The Balaban J connectivity index is 3.05. The monoisotopic (exact) mass is 273 g/mol. The van der Waals surface area contributed by atoms with Crippen LogP contribution in [0.2, 0.25) is 0 Å². The van der Waals surface area contributed by atoms with Crippen LogP contribution in [-0.2, 0) is 9.53 Å². The second kappa shape index (κ2) is 7.04. The number of rotatable bonds is 4. The summed E-state index contributed by atoms with van der Waals surface area (Å²) in [4.78, 5) is 27.1. The van der Waals surface area contributed by atoms with Crippen LogP contribution >= 0.6 is 0 Å². The quantitative estimate of drug-likeness (QED) is 0.507. The number of esters is 1. The number of pyridine rings is 1. The third-order valence-electron chi connectivity index (χ3n) is 2.24. The molecule has 0 aliphatic heterocycles. The maximum Gasteiger partial charge on any atom is 0.356 e. The molecule has 0 spiro atoms. The molecule has 6 nitrogen and oxygen atoms in total. The number of nitriles is 1. The van der Waals surface area contributed by atoms with Crippen molar-refractivity contribution in [3.63, 3.8) is 0 Å². The minimum absolute atomic E-state index is 0.0754. The van der Waals surface area contributed by atoms with E-state index in [1.54, 1.807) is 26.0 Å². The Morgan fingerprint density at radius 3 is 2.70 bits per heavy atom. The van der Waals surface area contributed by atoms with E-state index in [0.717, 1.165) is 0 Å². The zero-order valence-electron chi connectivity index (χ0n) is 11.5. The Kier molecular flexibility index (Phi) is 5.42. The van der Waals surface area contributed by atoms with E-state index in [9.17, 15) is 9.59 Å². The van der Waals surface area contributed by atoms with Crippen molar-refractivity contribution in [3.05, 3.63) is 35.2 Å². The average Bonchev–Trinajstić information content (AvgIpc) is 2.43. The summed E-state index contributed by atoms with van der Waals surface area (Å²) in [5, 5.41) is 11.6. The van der Waals surface area contributed by atoms with Gasteiger partial charge in [0.25, 0.3) is 5.91 Å². The van der Waals surface area contributed by atoms with Crippen molar-refractivity contribution < 1.29 is 14.3 Å². The predicted molar refractivity (Wildman–Crippen MR) is 72.4 cm³/mol. The number of aromatic nitrogens is 1. The van der Waals surface area contributed by atoms with Gasteiger partial charge in [-0.2, -0.15) is 5.26 Å². The van der Waals surface area contributed by atoms with E-state index in [1.807, 2.05) is 6.07 Å². The number of hydrogen-bond donors (Lipinski definition) is 1. The zero-order chi connectivity index (χ0) is 15.1. The van der Waals surface area contributed by atoms with Gasteiger partial charge in [-0.15, -0.1) is 0 Å². The smallest absolute Gasteiger partial charge is 0.356 e. The Bertz CT molecular complexity index is 586. The fourth-order valence-corrected chi connectivity index (χ4v) is 1.39. The van der Waals surface area contributed by atoms with Crippen molar-refractivity contribution in [3.8, 4) is 6.07 Å². The third kappa shape index (κ3) is 4.21. The summed E-state index contributed by atoms with van der Waals surface area (Å²) in [6, 6.07) is 6.41. The summed E-state index contributed by atoms with van der Waals surface area (Å²) in [6.45, 7) is 3.59. The van der Waals surface area contributed by atoms with Crippen LogP contribution in [0.25, 0.3) is 6.08 Å². The maximum absolute atomic E-state index is 11.7. The van der Waals surface area contributed by atoms with E-state index in [4.69, 9.17) is 5.26 Å². The molecule has 1 rings (SSSR count). The lowest BCUT2D eigenvalue weighted by Crippen LogP contribution is -2.30. The van der Waals surface area contributed by atoms with Crippen molar-refractivity contribution in [1.29, 1.82) is 5.26 Å². The lowest BCUT2D eigenvalue weighted by atomic mass is 10.2. The summed E-state index contributed by atoms with van der Waals surface area (Å²) in [5.74, 6) is -1.06. The lowest BCUT2D eigenvalue weighted by molar-refractivity contribution is -0.117. The fraction of sp³-hybridized carbons (Fsp3) is 0.286. The van der Waals surface area contributed by atoms with E-state index in [0.29, 0.717) is 5.69 Å². The number of nitrogens with zero attached hydrogens (tertiary/aromatic N) is 2. The summed E-state index contributed by atoms with van der Waals surface area (Å²) in [6.07, 6.45) is 1.32. The number of nitrogens with one attached hydrogen (secondary N) is 1. The van der Waals surface area contributed by atoms with Crippen LogP contribution in [0.1, 0.15) is 30.0 Å². The number of carbonyl (C=O) groups is 2. The molecule has 1 heterocycles. The molecule has 1 N–H and O–H groups in total. The van der Waals surface area contributed by atoms with Crippen molar-refractivity contribution in [2.45, 2.75) is 19.9 Å². The van der Waals surface area contributed by atoms with Gasteiger partial charge in [0.05, 0.1) is 12.8 Å². The fourth-order valence-electron chi connectivity index (χ4n) is 1.39. The molecule has 0 aliphatic rings.